The molecular formula is C17H22O4. The Morgan fingerprint density at radius 2 is 1.86 bits per heavy atom. The molecule has 2 unspecified atom stereocenters. The molecule has 0 bridgehead atoms. The van der Waals surface area contributed by atoms with Gasteiger partial charge in [0.05, 0.1) is 6.10 Å². The fourth-order valence-corrected chi connectivity index (χ4v) is 3.36. The number of hydrogen-bond acceptors (Lipinski definition) is 4. The van der Waals surface area contributed by atoms with Crippen LogP contribution in [0.4, 0.5) is 0 Å². The minimum Gasteiger partial charge on any atom is -0.454 e. The number of ketones is 1. The molecule has 0 radical (unpaired) electrons. The number of rotatable bonds is 4. The van der Waals surface area contributed by atoms with Crippen molar-refractivity contribution >= 4 is 5.78 Å². The number of carbonyl (C=O) groups excluding carboxylic acids is 1. The molecule has 21 heavy (non-hydrogen) atoms. The molecule has 1 aromatic carbocycles. The molecule has 114 valence electrons. The second kappa shape index (κ2) is 6.06. The van der Waals surface area contributed by atoms with E-state index in [0.29, 0.717) is 28.9 Å². The topological polar surface area (TPSA) is 44.8 Å². The lowest BCUT2D eigenvalue weighted by molar-refractivity contribution is 0.00562. The second-order valence-electron chi connectivity index (χ2n) is 6.34. The number of carbonyl (C=O) groups is 1. The Kier molecular flexibility index (Phi) is 4.15. The summed E-state index contributed by atoms with van der Waals surface area (Å²) in [5.74, 6) is 2.70. The van der Waals surface area contributed by atoms with Gasteiger partial charge in [0, 0.05) is 5.56 Å². The minimum absolute atomic E-state index is 0.000760. The van der Waals surface area contributed by atoms with E-state index in [9.17, 15) is 4.79 Å². The fraction of sp³-hybridized carbons (Fsp3) is 0.588. The number of benzene rings is 1. The molecule has 1 heterocycles. The maximum atomic E-state index is 12.2. The van der Waals surface area contributed by atoms with Crippen molar-refractivity contribution in [3.63, 3.8) is 0 Å². The molecule has 4 nitrogen and oxygen atoms in total. The van der Waals surface area contributed by atoms with Crippen molar-refractivity contribution in [1.82, 2.24) is 0 Å². The molecule has 0 aromatic heterocycles. The van der Waals surface area contributed by atoms with Crippen molar-refractivity contribution in [3.8, 4) is 11.5 Å². The Bertz CT molecular complexity index is 516. The van der Waals surface area contributed by atoms with E-state index in [-0.39, 0.29) is 25.3 Å². The van der Waals surface area contributed by atoms with Crippen molar-refractivity contribution in [2.45, 2.75) is 39.2 Å². The molecule has 3 rings (SSSR count). The maximum Gasteiger partial charge on any atom is 0.231 e. The van der Waals surface area contributed by atoms with Crippen LogP contribution in [-0.4, -0.2) is 25.3 Å². The summed E-state index contributed by atoms with van der Waals surface area (Å²) in [6.07, 6.45) is 3.58. The highest BCUT2D eigenvalue weighted by Crippen LogP contribution is 2.33. The number of Topliss-reactive ketones (excluding diaryl/α,β-unsaturated/α-hetero) is 1. The highest BCUT2D eigenvalue weighted by molar-refractivity contribution is 5.97. The van der Waals surface area contributed by atoms with E-state index in [1.54, 1.807) is 18.2 Å². The number of ether oxygens (including phenoxy) is 3. The van der Waals surface area contributed by atoms with Crippen molar-refractivity contribution in [3.05, 3.63) is 23.8 Å². The first-order chi connectivity index (χ1) is 10.1. The van der Waals surface area contributed by atoms with Gasteiger partial charge in [-0.2, -0.15) is 0 Å². The van der Waals surface area contributed by atoms with Crippen LogP contribution in [0, 0.1) is 11.8 Å². The zero-order chi connectivity index (χ0) is 14.8. The van der Waals surface area contributed by atoms with Gasteiger partial charge < -0.3 is 14.2 Å². The van der Waals surface area contributed by atoms with Crippen LogP contribution in [0.3, 0.4) is 0 Å². The molecule has 0 N–H and O–H groups in total. The lowest BCUT2D eigenvalue weighted by Crippen LogP contribution is -2.28. The summed E-state index contributed by atoms with van der Waals surface area (Å²) in [6.45, 7) is 4.88. The van der Waals surface area contributed by atoms with Gasteiger partial charge in [0.2, 0.25) is 6.79 Å². The standard InChI is InChI=1S/C17H22O4/c1-11-5-12(2)7-14(6-11)19-9-15(18)13-3-4-16-17(8-13)21-10-20-16/h3-4,8,11-12,14H,5-7,9-10H2,1-2H3. The van der Waals surface area contributed by atoms with Crippen molar-refractivity contribution in [2.75, 3.05) is 13.4 Å². The Labute approximate surface area is 125 Å². The molecule has 4 heteroatoms. The van der Waals surface area contributed by atoms with E-state index in [4.69, 9.17) is 14.2 Å². The molecule has 1 saturated carbocycles. The summed E-state index contributed by atoms with van der Waals surface area (Å²) in [4.78, 5) is 12.2. The maximum absolute atomic E-state index is 12.2. The Hall–Kier alpha value is -1.55. The smallest absolute Gasteiger partial charge is 0.231 e. The van der Waals surface area contributed by atoms with E-state index in [0.717, 1.165) is 12.8 Å². The van der Waals surface area contributed by atoms with Crippen LogP contribution in [0.5, 0.6) is 11.5 Å². The summed E-state index contributed by atoms with van der Waals surface area (Å²) in [5.41, 5.74) is 0.621. The summed E-state index contributed by atoms with van der Waals surface area (Å²) in [7, 11) is 0. The van der Waals surface area contributed by atoms with Crippen LogP contribution >= 0.6 is 0 Å². The van der Waals surface area contributed by atoms with E-state index in [2.05, 4.69) is 13.8 Å². The van der Waals surface area contributed by atoms with Gasteiger partial charge >= 0.3 is 0 Å². The zero-order valence-corrected chi connectivity index (χ0v) is 12.6. The predicted octanol–water partition coefficient (Wildman–Crippen LogP) is 3.44. The molecule has 0 spiro atoms. The first-order valence-electron chi connectivity index (χ1n) is 7.66. The van der Waals surface area contributed by atoms with Crippen LogP contribution < -0.4 is 9.47 Å². The van der Waals surface area contributed by atoms with Crippen LogP contribution in [-0.2, 0) is 4.74 Å². The highest BCUT2D eigenvalue weighted by Gasteiger charge is 2.25. The molecule has 1 aliphatic heterocycles. The van der Waals surface area contributed by atoms with E-state index in [1.165, 1.54) is 6.42 Å². The zero-order valence-electron chi connectivity index (χ0n) is 12.6. The summed E-state index contributed by atoms with van der Waals surface area (Å²) < 4.78 is 16.4. The van der Waals surface area contributed by atoms with E-state index >= 15 is 0 Å². The van der Waals surface area contributed by atoms with Crippen LogP contribution in [0.1, 0.15) is 43.5 Å². The van der Waals surface area contributed by atoms with Gasteiger partial charge in [-0.1, -0.05) is 13.8 Å². The third kappa shape index (κ3) is 3.38. The van der Waals surface area contributed by atoms with Gasteiger partial charge in [-0.25, -0.2) is 0 Å². The van der Waals surface area contributed by atoms with Crippen molar-refractivity contribution < 1.29 is 19.0 Å². The lowest BCUT2D eigenvalue weighted by Gasteiger charge is -2.31. The second-order valence-corrected chi connectivity index (χ2v) is 6.34. The first-order valence-corrected chi connectivity index (χ1v) is 7.66. The molecular weight excluding hydrogens is 268 g/mol. The van der Waals surface area contributed by atoms with Crippen molar-refractivity contribution in [2.24, 2.45) is 11.8 Å². The molecule has 1 aliphatic carbocycles. The lowest BCUT2D eigenvalue weighted by atomic mass is 9.82. The van der Waals surface area contributed by atoms with E-state index in [1.807, 2.05) is 0 Å². The molecule has 1 aromatic rings. The predicted molar refractivity (Wildman–Crippen MR) is 78.8 cm³/mol. The van der Waals surface area contributed by atoms with Crippen LogP contribution in [0.25, 0.3) is 0 Å². The normalized spacial score (nSPS) is 27.6. The first kappa shape index (κ1) is 14.4. The highest BCUT2D eigenvalue weighted by atomic mass is 16.7. The molecule has 2 aliphatic rings. The Morgan fingerprint density at radius 3 is 2.62 bits per heavy atom. The largest absolute Gasteiger partial charge is 0.454 e. The average molecular weight is 290 g/mol. The molecule has 2 atom stereocenters. The minimum atomic E-state index is -0.000760. The van der Waals surface area contributed by atoms with Crippen molar-refractivity contribution in [1.29, 1.82) is 0 Å². The third-order valence-electron chi connectivity index (χ3n) is 4.28. The Morgan fingerprint density at radius 1 is 1.14 bits per heavy atom. The van der Waals surface area contributed by atoms with Crippen LogP contribution in [0.2, 0.25) is 0 Å². The fourth-order valence-electron chi connectivity index (χ4n) is 3.36. The van der Waals surface area contributed by atoms with Gasteiger partial charge in [-0.05, 0) is 49.3 Å². The third-order valence-corrected chi connectivity index (χ3v) is 4.28. The van der Waals surface area contributed by atoms with Gasteiger partial charge in [-0.3, -0.25) is 4.79 Å². The van der Waals surface area contributed by atoms with Gasteiger partial charge in [0.15, 0.2) is 17.3 Å². The van der Waals surface area contributed by atoms with Gasteiger partial charge in [-0.15, -0.1) is 0 Å². The Balaban J connectivity index is 1.56. The van der Waals surface area contributed by atoms with Gasteiger partial charge in [0.1, 0.15) is 6.61 Å². The summed E-state index contributed by atoms with van der Waals surface area (Å²) in [6, 6.07) is 5.28. The monoisotopic (exact) mass is 290 g/mol. The summed E-state index contributed by atoms with van der Waals surface area (Å²) >= 11 is 0. The van der Waals surface area contributed by atoms with Gasteiger partial charge in [0.25, 0.3) is 0 Å². The summed E-state index contributed by atoms with van der Waals surface area (Å²) in [5, 5.41) is 0. The quantitative estimate of drug-likeness (QED) is 0.797. The number of fused-ring (bicyclic) bond motifs is 1. The molecule has 1 fully saturated rings. The molecule has 0 amide bonds. The average Bonchev–Trinajstić information content (AvgIpc) is 2.91. The molecule has 0 saturated heterocycles. The SMILES string of the molecule is CC1CC(C)CC(OCC(=O)c2ccc3c(c2)OCO3)C1. The number of hydrogen-bond donors (Lipinski definition) is 0. The van der Waals surface area contributed by atoms with Crippen LogP contribution in [0.15, 0.2) is 18.2 Å². The van der Waals surface area contributed by atoms with E-state index < -0.39 is 0 Å².